The minimum Gasteiger partial charge on any atom is -0.746 e. The summed E-state index contributed by atoms with van der Waals surface area (Å²) in [5.41, 5.74) is 11.2. The molecule has 7 heteroatoms. The van der Waals surface area contributed by atoms with Gasteiger partial charge in [0.05, 0.1) is 12.2 Å². The summed E-state index contributed by atoms with van der Waals surface area (Å²) >= 11 is 0. The first-order valence-corrected chi connectivity index (χ1v) is 14.4. The highest BCUT2D eigenvalue weighted by molar-refractivity contribution is 7.46. The molecule has 0 fully saturated rings. The van der Waals surface area contributed by atoms with E-state index >= 15 is 0 Å². The number of hydrogen-bond acceptors (Lipinski definition) is 5. The molecule has 1 N–H and O–H groups in total. The Morgan fingerprint density at radius 2 is 1.00 bits per heavy atom. The molecule has 0 aliphatic heterocycles. The second-order valence-corrected chi connectivity index (χ2v) is 8.30. The van der Waals surface area contributed by atoms with Crippen LogP contribution >= 0.6 is 7.82 Å². The molecule has 0 saturated heterocycles. The summed E-state index contributed by atoms with van der Waals surface area (Å²) in [6.45, 7) is 6.29. The lowest BCUT2D eigenvalue weighted by atomic mass is 10.2. The van der Waals surface area contributed by atoms with Gasteiger partial charge in [0.25, 0.3) is 0 Å². The molecule has 1 amide bonds. The third-order valence-electron chi connectivity index (χ3n) is 3.55. The van der Waals surface area contributed by atoms with E-state index in [1.165, 1.54) is 6.92 Å². The smallest absolute Gasteiger partial charge is 0.328 e. The minimum atomic E-state index is -4.63. The maximum atomic E-state index is 11.4. The van der Waals surface area contributed by atoms with Crippen molar-refractivity contribution in [1.82, 2.24) is 5.32 Å². The molecule has 0 rings (SSSR count). The lowest BCUT2D eigenvalue weighted by Crippen LogP contribution is -2.24. The molecule has 0 heterocycles. The van der Waals surface area contributed by atoms with E-state index in [4.69, 9.17) is 0 Å². The van der Waals surface area contributed by atoms with Crippen LogP contribution in [0.2, 0.25) is 0 Å². The highest BCUT2D eigenvalue weighted by atomic mass is 31.2. The molecule has 0 aliphatic rings. The van der Waals surface area contributed by atoms with Crippen molar-refractivity contribution in [2.75, 3.05) is 13.2 Å². The van der Waals surface area contributed by atoms with Crippen LogP contribution in [0.15, 0.2) is 35.1 Å². The lowest BCUT2D eigenvalue weighted by molar-refractivity contribution is -0.219. The lowest BCUT2D eigenvalue weighted by Gasteiger charge is -2.18. The van der Waals surface area contributed by atoms with Crippen LogP contribution in [0.4, 0.5) is 0 Å². The molecule has 0 spiro atoms. The van der Waals surface area contributed by atoms with Crippen LogP contribution in [0.3, 0.4) is 0 Å². The fourth-order valence-electron chi connectivity index (χ4n) is 1.79. The van der Waals surface area contributed by atoms with Crippen molar-refractivity contribution in [3.05, 3.63) is 35.1 Å². The van der Waals surface area contributed by atoms with Gasteiger partial charge in [0.1, 0.15) is 6.11 Å². The Morgan fingerprint density at radius 1 is 0.640 bits per heavy atom. The van der Waals surface area contributed by atoms with Crippen molar-refractivity contribution in [3.63, 3.8) is 0 Å². The van der Waals surface area contributed by atoms with Crippen LogP contribution in [-0.4, -0.2) is 19.1 Å². The third-order valence-corrected chi connectivity index (χ3v) is 4.37. The van der Waals surface area contributed by atoms with Gasteiger partial charge >= 0.3 is 7.82 Å². The quantitative estimate of drug-likeness (QED) is 0.204. The molecule has 0 aromatic heterocycles. The first kappa shape index (κ1) is 43.8. The summed E-state index contributed by atoms with van der Waals surface area (Å²) in [5.74, 6) is 71.3. The molecule has 0 saturated carbocycles. The Hall–Kier alpha value is -8.32. The highest BCUT2D eigenvalue weighted by Crippen LogP contribution is 2.37. The number of carbonyl (C=O) groups is 1. The van der Waals surface area contributed by atoms with Crippen LogP contribution in [-0.2, 0) is 18.4 Å². The van der Waals surface area contributed by atoms with Gasteiger partial charge in [0, 0.05) is 132 Å². The van der Waals surface area contributed by atoms with Crippen LogP contribution in [0.5, 0.6) is 0 Å². The molecule has 6 nitrogen and oxygen atoms in total. The summed E-state index contributed by atoms with van der Waals surface area (Å²) in [6, 6.07) is 0. The summed E-state index contributed by atoms with van der Waals surface area (Å²) in [7, 11) is -4.63. The van der Waals surface area contributed by atoms with E-state index in [9.17, 15) is 14.3 Å². The predicted molar refractivity (Wildman–Crippen MR) is 190 cm³/mol. The number of rotatable bonds is 6. The van der Waals surface area contributed by atoms with Gasteiger partial charge < -0.3 is 19.3 Å². The number of hydrogen-bond donors (Lipinski definition) is 1. The number of nitrogens with one attached hydrogen (secondary N) is 1. The van der Waals surface area contributed by atoms with Crippen molar-refractivity contribution in [3.8, 4) is 178 Å². The maximum absolute atomic E-state index is 11.4. The van der Waals surface area contributed by atoms with Gasteiger partial charge in [0.15, 0.2) is 0 Å². The molecule has 0 aromatic carbocycles. The average Bonchev–Trinajstić information content (AvgIpc) is 3.08. The number of phosphoric ester groups is 1. The second-order valence-electron chi connectivity index (χ2n) is 6.97. The van der Waals surface area contributed by atoms with Crippen molar-refractivity contribution >= 4 is 13.7 Å². The SMILES string of the molecule is C.C=C=C=C=C=C(C#CC#CC#CC#CC#CC#CC#CC#CC#CC#CC#CC#CC#CC#CC#COP(=O)([O-])OCCNC(C)=O)CC. The second kappa shape index (κ2) is 33.6. The summed E-state index contributed by atoms with van der Waals surface area (Å²) in [4.78, 5) is 22.0. The molecule has 232 valence electrons. The van der Waals surface area contributed by atoms with Crippen molar-refractivity contribution in [2.45, 2.75) is 27.7 Å². The molecule has 0 bridgehead atoms. The first-order chi connectivity index (χ1) is 23.9. The number of amides is 1. The Bertz CT molecular complexity index is 2530. The fraction of sp³-hybridized carbons (Fsp3) is 0.140. The molecular formula is C43H19NO5P-. The van der Waals surface area contributed by atoms with Gasteiger partial charge in [-0.05, 0) is 83.5 Å². The molecular weight excluding hydrogens is 641 g/mol. The molecule has 0 aromatic rings. The topological polar surface area (TPSA) is 87.7 Å². The molecule has 0 radical (unpaired) electrons. The molecule has 50 heavy (non-hydrogen) atoms. The minimum absolute atomic E-state index is 0. The standard InChI is InChI=1S/C42H16NO5P.CH4/c1-4-6-33-36-42(5-2)37-34-31-29-27-25-23-21-19-17-15-13-11-9-7-8-10-12-14-16-18-20-22-24-26-28-30-32-35-39-47-49(45,46)48-40-38-43-41(3)44;/h1,5,38,40H2,2-3H3,(H,43,44)(H,45,46);1H4/p-1. The normalized spacial score (nSPS) is 6.94. The zero-order valence-corrected chi connectivity index (χ0v) is 26.7. The molecule has 1 atom stereocenters. The summed E-state index contributed by atoms with van der Waals surface area (Å²) in [5, 5.41) is 2.35. The molecule has 1 unspecified atom stereocenters. The van der Waals surface area contributed by atoms with Crippen LogP contribution in [0, 0.1) is 178 Å². The molecule has 0 aliphatic carbocycles. The zero-order chi connectivity index (χ0) is 35.9. The maximum Gasteiger partial charge on any atom is 0.328 e. The van der Waals surface area contributed by atoms with Crippen molar-refractivity contribution in [1.29, 1.82) is 0 Å². The fourth-order valence-corrected chi connectivity index (χ4v) is 2.32. The van der Waals surface area contributed by atoms with E-state index in [-0.39, 0.29) is 26.5 Å². The predicted octanol–water partition coefficient (Wildman–Crippen LogP) is 1.86. The Kier molecular flexibility index (Phi) is 29.4. The van der Waals surface area contributed by atoms with E-state index in [1.54, 1.807) is 0 Å². The van der Waals surface area contributed by atoms with Crippen molar-refractivity contribution in [2.24, 2.45) is 0 Å². The van der Waals surface area contributed by atoms with Gasteiger partial charge in [-0.1, -0.05) is 20.1 Å². The van der Waals surface area contributed by atoms with E-state index in [0.717, 1.165) is 5.57 Å². The van der Waals surface area contributed by atoms with E-state index in [2.05, 4.69) is 216 Å². The van der Waals surface area contributed by atoms with Crippen molar-refractivity contribution < 1.29 is 23.3 Å². The summed E-state index contributed by atoms with van der Waals surface area (Å²) < 4.78 is 20.1. The van der Waals surface area contributed by atoms with E-state index in [0.29, 0.717) is 6.42 Å². The van der Waals surface area contributed by atoms with Crippen LogP contribution in [0.1, 0.15) is 27.7 Å². The van der Waals surface area contributed by atoms with Gasteiger partial charge in [-0.25, -0.2) is 0 Å². The Morgan fingerprint density at radius 3 is 1.34 bits per heavy atom. The number of allylic oxidation sites excluding steroid dienone is 1. The van der Waals surface area contributed by atoms with Gasteiger partial charge in [0.2, 0.25) is 5.91 Å². The third kappa shape index (κ3) is 34.2. The first-order valence-electron chi connectivity index (χ1n) is 12.9. The van der Waals surface area contributed by atoms with E-state index < -0.39 is 7.82 Å². The highest BCUT2D eigenvalue weighted by Gasteiger charge is 2.07. The largest absolute Gasteiger partial charge is 0.746 e. The number of carbonyl (C=O) groups excluding carboxylic acids is 1. The van der Waals surface area contributed by atoms with Gasteiger partial charge in [-0.3, -0.25) is 9.36 Å². The Labute approximate surface area is 295 Å². The zero-order valence-electron chi connectivity index (χ0n) is 25.8. The average molecular weight is 661 g/mol. The van der Waals surface area contributed by atoms with Crippen LogP contribution < -0.4 is 10.2 Å². The summed E-state index contributed by atoms with van der Waals surface area (Å²) in [6.07, 6.45) is 2.53. The monoisotopic (exact) mass is 660 g/mol. The van der Waals surface area contributed by atoms with Gasteiger partial charge in [-0.2, -0.15) is 0 Å². The van der Waals surface area contributed by atoms with Crippen LogP contribution in [0.25, 0.3) is 0 Å². The Balaban J connectivity index is 0. The van der Waals surface area contributed by atoms with Gasteiger partial charge in [-0.15, -0.1) is 0 Å². The number of phosphoric acid groups is 1. The van der Waals surface area contributed by atoms with E-state index in [1.807, 2.05) is 13.0 Å².